The normalized spacial score (nSPS) is 11.6. The molecule has 0 unspecified atom stereocenters. The third-order valence-electron chi connectivity index (χ3n) is 4.36. The van der Waals surface area contributed by atoms with Crippen LogP contribution >= 0.6 is 8.46 Å². The van der Waals surface area contributed by atoms with E-state index >= 15 is 0 Å². The molecule has 5 aromatic rings. The molecule has 0 spiro atoms. The monoisotopic (exact) mass is 388 g/mol. The highest BCUT2D eigenvalue weighted by Crippen LogP contribution is 2.19. The van der Waals surface area contributed by atoms with Crippen LogP contribution < -0.4 is 0 Å². The van der Waals surface area contributed by atoms with Crippen molar-refractivity contribution in [2.75, 3.05) is 0 Å². The Balaban J connectivity index is 1.51. The molecule has 0 saturated carbocycles. The molecule has 10 heteroatoms. The molecule has 0 radical (unpaired) electrons. The molecule has 0 aliphatic carbocycles. The summed E-state index contributed by atoms with van der Waals surface area (Å²) in [4.78, 5) is 13.4. The van der Waals surface area contributed by atoms with E-state index in [1.54, 1.807) is 34.2 Å². The van der Waals surface area contributed by atoms with Gasteiger partial charge in [-0.15, -0.1) is 5.10 Å². The molecule has 0 fully saturated rings. The van der Waals surface area contributed by atoms with Crippen LogP contribution in [0.25, 0.3) is 33.5 Å². The summed E-state index contributed by atoms with van der Waals surface area (Å²) >= 11 is 0. The molecule has 0 aliphatic heterocycles. The average molecular weight is 388 g/mol. The highest BCUT2D eigenvalue weighted by atomic mass is 31.1. The molecule has 1 aromatic carbocycles. The lowest BCUT2D eigenvalue weighted by Crippen LogP contribution is -2.03. The van der Waals surface area contributed by atoms with Gasteiger partial charge in [-0.25, -0.2) is 14.6 Å². The number of nitrogens with zero attached hydrogens (tertiary/aromatic N) is 8. The second kappa shape index (κ2) is 6.86. The molecule has 5 rings (SSSR count). The van der Waals surface area contributed by atoms with Crippen molar-refractivity contribution in [3.63, 3.8) is 0 Å². The van der Waals surface area contributed by atoms with E-state index in [2.05, 4.69) is 36.4 Å². The molecule has 9 nitrogen and oxygen atoms in total. The van der Waals surface area contributed by atoms with Crippen molar-refractivity contribution < 1.29 is 4.57 Å². The van der Waals surface area contributed by atoms with Gasteiger partial charge in [0.15, 0.2) is 14.1 Å². The smallest absolute Gasteiger partial charge is 0.221 e. The van der Waals surface area contributed by atoms with Gasteiger partial charge in [0.05, 0.1) is 30.1 Å². The number of benzene rings is 1. The molecular formula is C18H13N8OP. The van der Waals surface area contributed by atoms with Gasteiger partial charge in [0.2, 0.25) is 5.65 Å². The van der Waals surface area contributed by atoms with Crippen molar-refractivity contribution in [3.05, 3.63) is 60.7 Å². The van der Waals surface area contributed by atoms with Crippen LogP contribution in [-0.4, -0.2) is 39.7 Å². The van der Waals surface area contributed by atoms with Gasteiger partial charge in [-0.1, -0.05) is 17.3 Å². The van der Waals surface area contributed by atoms with Crippen LogP contribution in [0.4, 0.5) is 0 Å². The molecule has 0 N–H and O–H groups in total. The van der Waals surface area contributed by atoms with Crippen LogP contribution in [0.15, 0.2) is 55.1 Å². The molecule has 0 amide bonds. The Hall–Kier alpha value is -3.58. The quantitative estimate of drug-likeness (QED) is 0.426. The van der Waals surface area contributed by atoms with Crippen molar-refractivity contribution in [1.29, 1.82) is 0 Å². The zero-order chi connectivity index (χ0) is 18.9. The minimum atomic E-state index is 0.00684. The molecule has 4 aromatic heterocycles. The van der Waals surface area contributed by atoms with E-state index in [1.165, 1.54) is 0 Å². The third-order valence-corrected chi connectivity index (χ3v) is 4.76. The maximum Gasteiger partial charge on any atom is 0.221 e. The molecule has 4 heterocycles. The lowest BCUT2D eigenvalue weighted by molar-refractivity contribution is 0.587. The van der Waals surface area contributed by atoms with Crippen molar-refractivity contribution in [1.82, 2.24) is 39.7 Å². The Morgan fingerprint density at radius 2 is 2.07 bits per heavy atom. The van der Waals surface area contributed by atoms with Gasteiger partial charge < -0.3 is 0 Å². The van der Waals surface area contributed by atoms with Crippen molar-refractivity contribution in [2.45, 2.75) is 12.8 Å². The summed E-state index contributed by atoms with van der Waals surface area (Å²) in [6.07, 6.45) is 7.17. The highest BCUT2D eigenvalue weighted by Gasteiger charge is 2.12. The molecule has 28 heavy (non-hydrogen) atoms. The standard InChI is InChI=1S/C18H13N8OP/c27-28-11-25-10-14(7-21-25)16-8-20-17-18(22-16)26(24-23-17)9-12-3-4-15-13(6-12)2-1-5-19-15/h1-8,10H,9,11H2. The maximum atomic E-state index is 10.7. The minimum absolute atomic E-state index is 0.00684. The van der Waals surface area contributed by atoms with Crippen LogP contribution in [0, 0.1) is 0 Å². The van der Waals surface area contributed by atoms with Crippen LogP contribution in [0.2, 0.25) is 0 Å². The van der Waals surface area contributed by atoms with E-state index in [-0.39, 0.29) is 8.46 Å². The van der Waals surface area contributed by atoms with Crippen molar-refractivity contribution in [2.24, 2.45) is 0 Å². The average Bonchev–Trinajstić information content (AvgIpc) is 3.35. The fourth-order valence-corrected chi connectivity index (χ4v) is 3.30. The Bertz CT molecular complexity index is 1310. The minimum Gasteiger partial charge on any atom is -0.273 e. The van der Waals surface area contributed by atoms with Crippen LogP contribution in [-0.2, 0) is 17.4 Å². The fourth-order valence-electron chi connectivity index (χ4n) is 3.03. The summed E-state index contributed by atoms with van der Waals surface area (Å²) < 4.78 is 14.1. The molecule has 0 atom stereocenters. The van der Waals surface area contributed by atoms with Gasteiger partial charge in [0.25, 0.3) is 0 Å². The van der Waals surface area contributed by atoms with E-state index in [0.29, 0.717) is 29.8 Å². The largest absolute Gasteiger partial charge is 0.273 e. The summed E-state index contributed by atoms with van der Waals surface area (Å²) in [7, 11) is 0.00684. The Kier molecular flexibility index (Phi) is 4.06. The van der Waals surface area contributed by atoms with Crippen LogP contribution in [0.1, 0.15) is 5.56 Å². The molecule has 136 valence electrons. The van der Waals surface area contributed by atoms with Gasteiger partial charge in [0, 0.05) is 23.3 Å². The van der Waals surface area contributed by atoms with Gasteiger partial charge in [0.1, 0.15) is 6.29 Å². The second-order valence-electron chi connectivity index (χ2n) is 6.22. The van der Waals surface area contributed by atoms with Crippen LogP contribution in [0.3, 0.4) is 0 Å². The first kappa shape index (κ1) is 16.6. The second-order valence-corrected chi connectivity index (χ2v) is 6.76. The van der Waals surface area contributed by atoms with Crippen molar-refractivity contribution in [3.8, 4) is 11.3 Å². The maximum absolute atomic E-state index is 10.7. The van der Waals surface area contributed by atoms with Gasteiger partial charge in [-0.2, -0.15) is 5.10 Å². The van der Waals surface area contributed by atoms with E-state index in [0.717, 1.165) is 22.0 Å². The molecular weight excluding hydrogens is 375 g/mol. The Labute approximate surface area is 160 Å². The number of pyridine rings is 1. The molecule has 0 aliphatic rings. The summed E-state index contributed by atoms with van der Waals surface area (Å²) in [5, 5.41) is 13.6. The summed E-state index contributed by atoms with van der Waals surface area (Å²) in [5.74, 6) is 0. The van der Waals surface area contributed by atoms with E-state index in [4.69, 9.17) is 0 Å². The first-order chi connectivity index (χ1) is 13.8. The fraction of sp³-hybridized carbons (Fsp3) is 0.111. The first-order valence-corrected chi connectivity index (χ1v) is 9.52. The zero-order valence-corrected chi connectivity index (χ0v) is 15.4. The number of hydrogen-bond acceptors (Lipinski definition) is 7. The number of hydrogen-bond donors (Lipinski definition) is 0. The van der Waals surface area contributed by atoms with Crippen molar-refractivity contribution >= 4 is 30.7 Å². The number of aromatic nitrogens is 8. The van der Waals surface area contributed by atoms with E-state index < -0.39 is 0 Å². The topological polar surface area (TPSA) is 104 Å². The van der Waals surface area contributed by atoms with Gasteiger partial charge >= 0.3 is 0 Å². The lowest BCUT2D eigenvalue weighted by Gasteiger charge is -2.04. The third kappa shape index (κ3) is 3.01. The predicted molar refractivity (Wildman–Crippen MR) is 103 cm³/mol. The van der Waals surface area contributed by atoms with Gasteiger partial charge in [-0.3, -0.25) is 14.2 Å². The zero-order valence-electron chi connectivity index (χ0n) is 14.5. The lowest BCUT2D eigenvalue weighted by atomic mass is 10.1. The summed E-state index contributed by atoms with van der Waals surface area (Å²) in [6.45, 7) is 0.522. The summed E-state index contributed by atoms with van der Waals surface area (Å²) in [5.41, 5.74) is 4.55. The molecule has 0 bridgehead atoms. The Morgan fingerprint density at radius 3 is 3.00 bits per heavy atom. The van der Waals surface area contributed by atoms with Gasteiger partial charge in [-0.05, 0) is 23.8 Å². The Morgan fingerprint density at radius 1 is 1.11 bits per heavy atom. The van der Waals surface area contributed by atoms with Crippen LogP contribution in [0.5, 0.6) is 0 Å². The first-order valence-electron chi connectivity index (χ1n) is 8.52. The predicted octanol–water partition coefficient (Wildman–Crippen LogP) is 2.93. The SMILES string of the molecule is O=PCn1cc(-c2cnc3nnn(Cc4ccc5ncccc5c4)c3n2)cn1. The number of rotatable bonds is 5. The highest BCUT2D eigenvalue weighted by molar-refractivity contribution is 7.22. The molecule has 0 saturated heterocycles. The van der Waals surface area contributed by atoms with E-state index in [1.807, 2.05) is 24.3 Å². The number of fused-ring (bicyclic) bond motifs is 2. The van der Waals surface area contributed by atoms with E-state index in [9.17, 15) is 4.57 Å². The summed E-state index contributed by atoms with van der Waals surface area (Å²) in [6, 6.07) is 10.0.